The minimum atomic E-state index is -0.299. The van der Waals surface area contributed by atoms with Crippen LogP contribution in [0.15, 0.2) is 59.1 Å². The Morgan fingerprint density at radius 1 is 1.15 bits per heavy atom. The largest absolute Gasteiger partial charge is 0.441 e. The lowest BCUT2D eigenvalue weighted by Crippen LogP contribution is -2.12. The average molecular weight is 366 g/mol. The molecular weight excluding hydrogens is 343 g/mol. The van der Waals surface area contributed by atoms with Gasteiger partial charge in [0.25, 0.3) is 0 Å². The molecule has 0 saturated heterocycles. The van der Waals surface area contributed by atoms with Crippen molar-refractivity contribution >= 4 is 11.6 Å². The van der Waals surface area contributed by atoms with E-state index in [0.29, 0.717) is 24.0 Å². The number of carbonyl (C=O) groups excluding carboxylic acids is 1. The predicted octanol–water partition coefficient (Wildman–Crippen LogP) is 5.57. The van der Waals surface area contributed by atoms with Gasteiger partial charge in [0.15, 0.2) is 11.7 Å². The molecule has 0 aliphatic heterocycles. The molecule has 1 aromatic heterocycles. The third kappa shape index (κ3) is 5.03. The number of benzene rings is 2. The van der Waals surface area contributed by atoms with Crippen molar-refractivity contribution in [3.05, 3.63) is 72.0 Å². The molecule has 0 aliphatic carbocycles. The number of nitrogens with zero attached hydrogens (tertiary/aromatic N) is 1. The molecule has 1 atom stereocenters. The Bertz CT molecular complexity index is 885. The number of aryl methyl sites for hydroxylation is 1. The molecule has 0 saturated carbocycles. The zero-order chi connectivity index (χ0) is 19.2. The maximum absolute atomic E-state index is 13.0. The Morgan fingerprint density at radius 2 is 1.85 bits per heavy atom. The molecule has 27 heavy (non-hydrogen) atoms. The SMILES string of the molecule is CC[C@H](C)c1ccc(NC(=O)CCc2ncc(-c3ccc(F)cc3)o2)cc1. The van der Waals surface area contributed by atoms with Gasteiger partial charge in [-0.25, -0.2) is 9.37 Å². The van der Waals surface area contributed by atoms with E-state index in [-0.39, 0.29) is 18.1 Å². The van der Waals surface area contributed by atoms with E-state index < -0.39 is 0 Å². The molecule has 1 N–H and O–H groups in total. The maximum atomic E-state index is 13.0. The Morgan fingerprint density at radius 3 is 2.52 bits per heavy atom. The van der Waals surface area contributed by atoms with Crippen LogP contribution in [0.2, 0.25) is 0 Å². The van der Waals surface area contributed by atoms with Crippen LogP contribution in [-0.2, 0) is 11.2 Å². The number of hydrogen-bond donors (Lipinski definition) is 1. The van der Waals surface area contributed by atoms with Crippen LogP contribution in [0.3, 0.4) is 0 Å². The number of hydrogen-bond acceptors (Lipinski definition) is 3. The van der Waals surface area contributed by atoms with Gasteiger partial charge in [0.05, 0.1) is 6.20 Å². The zero-order valence-electron chi connectivity index (χ0n) is 15.5. The van der Waals surface area contributed by atoms with Gasteiger partial charge in [0.2, 0.25) is 5.91 Å². The van der Waals surface area contributed by atoms with Gasteiger partial charge in [-0.1, -0.05) is 26.0 Å². The normalized spacial score (nSPS) is 12.0. The molecule has 0 bridgehead atoms. The Kier molecular flexibility index (Phi) is 6.01. The summed E-state index contributed by atoms with van der Waals surface area (Å²) in [7, 11) is 0. The lowest BCUT2D eigenvalue weighted by molar-refractivity contribution is -0.116. The van der Waals surface area contributed by atoms with Crippen molar-refractivity contribution in [2.45, 2.75) is 39.0 Å². The monoisotopic (exact) mass is 366 g/mol. The van der Waals surface area contributed by atoms with Gasteiger partial charge in [-0.2, -0.15) is 0 Å². The van der Waals surface area contributed by atoms with E-state index in [0.717, 1.165) is 17.7 Å². The quantitative estimate of drug-likeness (QED) is 0.595. The summed E-state index contributed by atoms with van der Waals surface area (Å²) in [5, 5.41) is 2.89. The highest BCUT2D eigenvalue weighted by Gasteiger charge is 2.10. The minimum absolute atomic E-state index is 0.0900. The Balaban J connectivity index is 1.53. The van der Waals surface area contributed by atoms with Gasteiger partial charge in [0, 0.05) is 24.1 Å². The third-order valence-electron chi connectivity index (χ3n) is 4.62. The minimum Gasteiger partial charge on any atom is -0.441 e. The standard InChI is InChI=1S/C22H23FN2O2/c1-3-15(2)16-6-10-19(11-7-16)25-21(26)12-13-22-24-14-20(27-22)17-4-8-18(23)9-5-17/h4-11,14-15H,3,12-13H2,1-2H3,(H,25,26)/t15-/m0/s1. The van der Waals surface area contributed by atoms with E-state index >= 15 is 0 Å². The van der Waals surface area contributed by atoms with E-state index in [1.165, 1.54) is 17.7 Å². The fourth-order valence-electron chi connectivity index (χ4n) is 2.75. The summed E-state index contributed by atoms with van der Waals surface area (Å²) < 4.78 is 18.6. The second-order valence-corrected chi connectivity index (χ2v) is 6.60. The molecule has 4 nitrogen and oxygen atoms in total. The van der Waals surface area contributed by atoms with Crippen molar-refractivity contribution in [3.8, 4) is 11.3 Å². The van der Waals surface area contributed by atoms with Crippen LogP contribution in [0.25, 0.3) is 11.3 Å². The summed E-state index contributed by atoms with van der Waals surface area (Å²) in [6.45, 7) is 4.34. The summed E-state index contributed by atoms with van der Waals surface area (Å²) in [4.78, 5) is 16.3. The molecule has 1 amide bonds. The van der Waals surface area contributed by atoms with Crippen molar-refractivity contribution in [2.75, 3.05) is 5.32 Å². The molecular formula is C22H23FN2O2. The van der Waals surface area contributed by atoms with Crippen LogP contribution in [-0.4, -0.2) is 10.9 Å². The van der Waals surface area contributed by atoms with E-state index in [1.807, 2.05) is 24.3 Å². The number of rotatable bonds is 7. The first kappa shape index (κ1) is 18.8. The summed E-state index contributed by atoms with van der Waals surface area (Å²) in [5.74, 6) is 1.16. The van der Waals surface area contributed by atoms with E-state index in [4.69, 9.17) is 4.42 Å². The highest BCUT2D eigenvalue weighted by molar-refractivity contribution is 5.90. The number of oxazole rings is 1. The van der Waals surface area contributed by atoms with Crippen LogP contribution in [0, 0.1) is 5.82 Å². The highest BCUT2D eigenvalue weighted by atomic mass is 19.1. The van der Waals surface area contributed by atoms with Crippen molar-refractivity contribution in [1.82, 2.24) is 4.98 Å². The van der Waals surface area contributed by atoms with Gasteiger partial charge >= 0.3 is 0 Å². The number of aromatic nitrogens is 1. The van der Waals surface area contributed by atoms with E-state index in [2.05, 4.69) is 24.1 Å². The lowest BCUT2D eigenvalue weighted by Gasteiger charge is -2.10. The number of carbonyl (C=O) groups is 1. The summed E-state index contributed by atoms with van der Waals surface area (Å²) in [6.07, 6.45) is 3.35. The molecule has 0 unspecified atom stereocenters. The predicted molar refractivity (Wildman–Crippen MR) is 104 cm³/mol. The second kappa shape index (κ2) is 8.62. The molecule has 3 rings (SSSR count). The highest BCUT2D eigenvalue weighted by Crippen LogP contribution is 2.22. The van der Waals surface area contributed by atoms with Crippen LogP contribution >= 0.6 is 0 Å². The lowest BCUT2D eigenvalue weighted by atomic mass is 9.99. The molecule has 3 aromatic rings. The number of amides is 1. The third-order valence-corrected chi connectivity index (χ3v) is 4.62. The topological polar surface area (TPSA) is 55.1 Å². The Labute approximate surface area is 158 Å². The zero-order valence-corrected chi connectivity index (χ0v) is 15.5. The Hall–Kier alpha value is -2.95. The maximum Gasteiger partial charge on any atom is 0.224 e. The molecule has 0 spiro atoms. The first-order chi connectivity index (χ1) is 13.0. The molecule has 5 heteroatoms. The van der Waals surface area contributed by atoms with Gasteiger partial charge in [0.1, 0.15) is 5.82 Å². The van der Waals surface area contributed by atoms with Crippen molar-refractivity contribution in [2.24, 2.45) is 0 Å². The fourth-order valence-corrected chi connectivity index (χ4v) is 2.75. The van der Waals surface area contributed by atoms with Crippen molar-refractivity contribution in [3.63, 3.8) is 0 Å². The van der Waals surface area contributed by atoms with Crippen molar-refractivity contribution < 1.29 is 13.6 Å². The first-order valence-corrected chi connectivity index (χ1v) is 9.15. The molecule has 140 valence electrons. The second-order valence-electron chi connectivity index (χ2n) is 6.60. The van der Waals surface area contributed by atoms with E-state index in [9.17, 15) is 9.18 Å². The summed E-state index contributed by atoms with van der Waals surface area (Å²) >= 11 is 0. The van der Waals surface area contributed by atoms with Gasteiger partial charge in [-0.3, -0.25) is 4.79 Å². The van der Waals surface area contributed by atoms with Crippen molar-refractivity contribution in [1.29, 1.82) is 0 Å². The molecule has 2 aromatic carbocycles. The average Bonchev–Trinajstić information content (AvgIpc) is 3.16. The van der Waals surface area contributed by atoms with Crippen LogP contribution < -0.4 is 5.32 Å². The number of anilines is 1. The number of nitrogens with one attached hydrogen (secondary N) is 1. The van der Waals surface area contributed by atoms with Crippen LogP contribution in [0.5, 0.6) is 0 Å². The van der Waals surface area contributed by atoms with Crippen LogP contribution in [0.1, 0.15) is 44.1 Å². The van der Waals surface area contributed by atoms with Gasteiger partial charge < -0.3 is 9.73 Å². The number of halogens is 1. The van der Waals surface area contributed by atoms with Crippen LogP contribution in [0.4, 0.5) is 10.1 Å². The molecule has 0 aliphatic rings. The molecule has 0 radical (unpaired) electrons. The fraction of sp³-hybridized carbons (Fsp3) is 0.273. The molecule has 0 fully saturated rings. The van der Waals surface area contributed by atoms with E-state index in [1.54, 1.807) is 18.3 Å². The van der Waals surface area contributed by atoms with Gasteiger partial charge in [-0.05, 0) is 54.3 Å². The summed E-state index contributed by atoms with van der Waals surface area (Å²) in [6, 6.07) is 14.0. The molecule has 1 heterocycles. The summed E-state index contributed by atoms with van der Waals surface area (Å²) in [5.41, 5.74) is 2.80. The smallest absolute Gasteiger partial charge is 0.224 e. The van der Waals surface area contributed by atoms with Gasteiger partial charge in [-0.15, -0.1) is 0 Å². The first-order valence-electron chi connectivity index (χ1n) is 9.15.